The standard InChI is InChI=1S/C10H15ClN2/c1-7(2)12-10-5-4-9(6-11)8(3)13-10/h4-5,7H,6H2,1-3H3,(H,12,13). The molecule has 0 aliphatic carbocycles. The summed E-state index contributed by atoms with van der Waals surface area (Å²) in [6, 6.07) is 4.39. The third-order valence-corrected chi connectivity index (χ3v) is 2.06. The molecule has 1 aromatic heterocycles. The lowest BCUT2D eigenvalue weighted by Crippen LogP contribution is -2.11. The Labute approximate surface area is 84.3 Å². The lowest BCUT2D eigenvalue weighted by atomic mass is 10.2. The number of aryl methyl sites for hydroxylation is 1. The van der Waals surface area contributed by atoms with E-state index < -0.39 is 0 Å². The van der Waals surface area contributed by atoms with Crippen LogP contribution in [-0.2, 0) is 5.88 Å². The number of aromatic nitrogens is 1. The van der Waals surface area contributed by atoms with Crippen molar-refractivity contribution < 1.29 is 0 Å². The van der Waals surface area contributed by atoms with Crippen LogP contribution in [-0.4, -0.2) is 11.0 Å². The van der Waals surface area contributed by atoms with Gasteiger partial charge in [-0.25, -0.2) is 4.98 Å². The topological polar surface area (TPSA) is 24.9 Å². The van der Waals surface area contributed by atoms with Gasteiger partial charge in [-0.15, -0.1) is 11.6 Å². The molecule has 13 heavy (non-hydrogen) atoms. The Balaban J connectivity index is 2.83. The summed E-state index contributed by atoms with van der Waals surface area (Å²) in [5.41, 5.74) is 2.09. The molecule has 0 amide bonds. The lowest BCUT2D eigenvalue weighted by Gasteiger charge is -2.10. The van der Waals surface area contributed by atoms with Gasteiger partial charge in [0.15, 0.2) is 0 Å². The summed E-state index contributed by atoms with van der Waals surface area (Å²) in [7, 11) is 0. The maximum absolute atomic E-state index is 5.73. The average molecular weight is 199 g/mol. The normalized spacial score (nSPS) is 10.5. The summed E-state index contributed by atoms with van der Waals surface area (Å²) in [4.78, 5) is 4.39. The number of nitrogens with zero attached hydrogens (tertiary/aromatic N) is 1. The van der Waals surface area contributed by atoms with Crippen molar-refractivity contribution >= 4 is 17.4 Å². The van der Waals surface area contributed by atoms with Crippen molar-refractivity contribution in [3.63, 3.8) is 0 Å². The molecule has 0 aromatic carbocycles. The molecule has 0 unspecified atom stereocenters. The zero-order valence-corrected chi connectivity index (χ0v) is 9.02. The predicted octanol–water partition coefficient (Wildman–Crippen LogP) is 2.95. The summed E-state index contributed by atoms with van der Waals surface area (Å²) in [5.74, 6) is 1.45. The van der Waals surface area contributed by atoms with E-state index in [-0.39, 0.29) is 0 Å². The third-order valence-electron chi connectivity index (χ3n) is 1.78. The molecular weight excluding hydrogens is 184 g/mol. The SMILES string of the molecule is Cc1nc(NC(C)C)ccc1CCl. The summed E-state index contributed by atoms with van der Waals surface area (Å²) in [6.45, 7) is 6.15. The fourth-order valence-corrected chi connectivity index (χ4v) is 1.39. The predicted molar refractivity (Wildman–Crippen MR) is 57.3 cm³/mol. The number of alkyl halides is 1. The van der Waals surface area contributed by atoms with Gasteiger partial charge in [-0.3, -0.25) is 0 Å². The van der Waals surface area contributed by atoms with E-state index in [1.54, 1.807) is 0 Å². The second-order valence-electron chi connectivity index (χ2n) is 3.37. The fraction of sp³-hybridized carbons (Fsp3) is 0.500. The van der Waals surface area contributed by atoms with Crippen LogP contribution in [0.1, 0.15) is 25.1 Å². The Morgan fingerprint density at radius 3 is 2.62 bits per heavy atom. The van der Waals surface area contributed by atoms with Crippen LogP contribution in [0, 0.1) is 6.92 Å². The first-order valence-corrected chi connectivity index (χ1v) is 4.96. The number of rotatable bonds is 3. The second kappa shape index (κ2) is 4.47. The molecule has 2 nitrogen and oxygen atoms in total. The second-order valence-corrected chi connectivity index (χ2v) is 3.64. The van der Waals surface area contributed by atoms with Gasteiger partial charge in [0.25, 0.3) is 0 Å². The molecule has 1 N–H and O–H groups in total. The van der Waals surface area contributed by atoms with Crippen LogP contribution in [0.5, 0.6) is 0 Å². The number of halogens is 1. The van der Waals surface area contributed by atoms with E-state index in [1.807, 2.05) is 19.1 Å². The number of hydrogen-bond donors (Lipinski definition) is 1. The van der Waals surface area contributed by atoms with Gasteiger partial charge in [0.2, 0.25) is 0 Å². The van der Waals surface area contributed by atoms with Crippen molar-refractivity contribution in [2.45, 2.75) is 32.7 Å². The van der Waals surface area contributed by atoms with E-state index >= 15 is 0 Å². The molecule has 0 aliphatic heterocycles. The maximum Gasteiger partial charge on any atom is 0.126 e. The van der Waals surface area contributed by atoms with Gasteiger partial charge in [0, 0.05) is 17.6 Å². The van der Waals surface area contributed by atoms with E-state index in [2.05, 4.69) is 24.1 Å². The van der Waals surface area contributed by atoms with Crippen LogP contribution < -0.4 is 5.32 Å². The molecule has 1 heterocycles. The summed E-state index contributed by atoms with van der Waals surface area (Å²) >= 11 is 5.73. The van der Waals surface area contributed by atoms with Gasteiger partial charge in [0.05, 0.1) is 0 Å². The smallest absolute Gasteiger partial charge is 0.126 e. The molecule has 1 rings (SSSR count). The highest BCUT2D eigenvalue weighted by Gasteiger charge is 2.01. The van der Waals surface area contributed by atoms with Crippen LogP contribution in [0.25, 0.3) is 0 Å². The molecule has 3 heteroatoms. The number of anilines is 1. The Morgan fingerprint density at radius 2 is 2.15 bits per heavy atom. The molecule has 1 aromatic rings. The minimum Gasteiger partial charge on any atom is -0.368 e. The van der Waals surface area contributed by atoms with E-state index in [9.17, 15) is 0 Å². The van der Waals surface area contributed by atoms with Crippen LogP contribution in [0.3, 0.4) is 0 Å². The van der Waals surface area contributed by atoms with Crippen molar-refractivity contribution in [2.24, 2.45) is 0 Å². The fourth-order valence-electron chi connectivity index (χ4n) is 1.11. The molecule has 0 spiro atoms. The summed E-state index contributed by atoms with van der Waals surface area (Å²) in [6.07, 6.45) is 0. The highest BCUT2D eigenvalue weighted by atomic mass is 35.5. The largest absolute Gasteiger partial charge is 0.368 e. The maximum atomic E-state index is 5.73. The molecular formula is C10H15ClN2. The average Bonchev–Trinajstić information content (AvgIpc) is 2.03. The van der Waals surface area contributed by atoms with E-state index in [1.165, 1.54) is 0 Å². The van der Waals surface area contributed by atoms with Crippen molar-refractivity contribution in [3.05, 3.63) is 23.4 Å². The van der Waals surface area contributed by atoms with E-state index in [0.717, 1.165) is 17.1 Å². The molecule has 0 bridgehead atoms. The quantitative estimate of drug-likeness (QED) is 0.756. The molecule has 0 saturated heterocycles. The van der Waals surface area contributed by atoms with Crippen LogP contribution in [0.15, 0.2) is 12.1 Å². The molecule has 0 saturated carbocycles. The monoisotopic (exact) mass is 198 g/mol. The van der Waals surface area contributed by atoms with E-state index in [0.29, 0.717) is 11.9 Å². The zero-order chi connectivity index (χ0) is 9.84. The Morgan fingerprint density at radius 1 is 1.46 bits per heavy atom. The number of pyridine rings is 1. The van der Waals surface area contributed by atoms with Gasteiger partial charge in [-0.2, -0.15) is 0 Å². The lowest BCUT2D eigenvalue weighted by molar-refractivity contribution is 0.885. The zero-order valence-electron chi connectivity index (χ0n) is 8.26. The molecule has 0 atom stereocenters. The first kappa shape index (κ1) is 10.3. The van der Waals surface area contributed by atoms with Gasteiger partial charge in [-0.1, -0.05) is 6.07 Å². The highest BCUT2D eigenvalue weighted by Crippen LogP contribution is 2.12. The molecule has 0 aliphatic rings. The number of nitrogens with one attached hydrogen (secondary N) is 1. The first-order chi connectivity index (χ1) is 6.13. The minimum absolute atomic E-state index is 0.411. The molecule has 0 fully saturated rings. The molecule has 72 valence electrons. The van der Waals surface area contributed by atoms with Crippen molar-refractivity contribution in [2.75, 3.05) is 5.32 Å². The van der Waals surface area contributed by atoms with Gasteiger partial charge in [-0.05, 0) is 32.4 Å². The Hall–Kier alpha value is -0.760. The number of hydrogen-bond acceptors (Lipinski definition) is 2. The summed E-state index contributed by atoms with van der Waals surface area (Å²) in [5, 5.41) is 3.24. The third kappa shape index (κ3) is 2.88. The van der Waals surface area contributed by atoms with Gasteiger partial charge < -0.3 is 5.32 Å². The summed E-state index contributed by atoms with van der Waals surface area (Å²) < 4.78 is 0. The van der Waals surface area contributed by atoms with Gasteiger partial charge >= 0.3 is 0 Å². The van der Waals surface area contributed by atoms with Crippen LogP contribution in [0.4, 0.5) is 5.82 Å². The van der Waals surface area contributed by atoms with E-state index in [4.69, 9.17) is 11.6 Å². The van der Waals surface area contributed by atoms with Gasteiger partial charge in [0.1, 0.15) is 5.82 Å². The van der Waals surface area contributed by atoms with Crippen LogP contribution >= 0.6 is 11.6 Å². The van der Waals surface area contributed by atoms with Crippen molar-refractivity contribution in [1.29, 1.82) is 0 Å². The first-order valence-electron chi connectivity index (χ1n) is 4.42. The highest BCUT2D eigenvalue weighted by molar-refractivity contribution is 6.17. The minimum atomic E-state index is 0.411. The van der Waals surface area contributed by atoms with Crippen molar-refractivity contribution in [3.8, 4) is 0 Å². The Bertz CT molecular complexity index is 284. The molecule has 0 radical (unpaired) electrons. The Kier molecular flexibility index (Phi) is 3.55. The van der Waals surface area contributed by atoms with Crippen LogP contribution in [0.2, 0.25) is 0 Å². The van der Waals surface area contributed by atoms with Crippen molar-refractivity contribution in [1.82, 2.24) is 4.98 Å².